The molecule has 0 aliphatic carbocycles. The van der Waals surface area contributed by atoms with E-state index in [9.17, 15) is 12.8 Å². The van der Waals surface area contributed by atoms with E-state index in [1.165, 1.54) is 10.4 Å². The average molecular weight is 371 g/mol. The first kappa shape index (κ1) is 19.6. The van der Waals surface area contributed by atoms with Gasteiger partial charge in [-0.3, -0.25) is 0 Å². The standard InChI is InChI=1S/C14H20ClFN2O2S.ClH/c1-17-7-4-11-5-8-18(9-6-11)21(19,20)14-10-12(16)2-3-13(14)15;/h2-3,10-11,17H,4-9H2,1H3;1H. The number of nitrogens with one attached hydrogen (secondary N) is 1. The predicted molar refractivity (Wildman–Crippen MR) is 88.7 cm³/mol. The molecule has 2 rings (SSSR count). The van der Waals surface area contributed by atoms with E-state index in [0.29, 0.717) is 19.0 Å². The number of halogens is 3. The zero-order valence-corrected chi connectivity index (χ0v) is 14.8. The van der Waals surface area contributed by atoms with E-state index in [4.69, 9.17) is 11.6 Å². The highest BCUT2D eigenvalue weighted by molar-refractivity contribution is 7.89. The summed E-state index contributed by atoms with van der Waals surface area (Å²) in [6, 6.07) is 3.43. The summed E-state index contributed by atoms with van der Waals surface area (Å²) in [5.41, 5.74) is 0. The fraction of sp³-hybridized carbons (Fsp3) is 0.571. The minimum atomic E-state index is -3.71. The van der Waals surface area contributed by atoms with E-state index in [2.05, 4.69) is 5.32 Å². The lowest BCUT2D eigenvalue weighted by atomic mass is 9.95. The van der Waals surface area contributed by atoms with Crippen LogP contribution in [0.25, 0.3) is 0 Å². The molecule has 1 heterocycles. The molecule has 8 heteroatoms. The average Bonchev–Trinajstić information content (AvgIpc) is 2.48. The molecule has 0 unspecified atom stereocenters. The largest absolute Gasteiger partial charge is 0.320 e. The molecule has 1 aliphatic heterocycles. The Morgan fingerprint density at radius 1 is 1.36 bits per heavy atom. The molecule has 0 aromatic heterocycles. The molecule has 1 N–H and O–H groups in total. The molecule has 1 aliphatic rings. The van der Waals surface area contributed by atoms with Crippen LogP contribution in [0.15, 0.2) is 23.1 Å². The molecule has 1 aromatic rings. The van der Waals surface area contributed by atoms with Crippen molar-refractivity contribution >= 4 is 34.0 Å². The molecule has 0 amide bonds. The van der Waals surface area contributed by atoms with E-state index >= 15 is 0 Å². The van der Waals surface area contributed by atoms with Gasteiger partial charge in [-0.2, -0.15) is 4.31 Å². The Bertz CT molecular complexity index is 591. The van der Waals surface area contributed by atoms with Gasteiger partial charge in [-0.25, -0.2) is 12.8 Å². The van der Waals surface area contributed by atoms with Gasteiger partial charge in [0.15, 0.2) is 0 Å². The summed E-state index contributed by atoms with van der Waals surface area (Å²) < 4.78 is 39.8. The third kappa shape index (κ3) is 4.55. The van der Waals surface area contributed by atoms with Crippen LogP contribution in [0.5, 0.6) is 0 Å². The molecular formula is C14H21Cl2FN2O2S. The highest BCUT2D eigenvalue weighted by Crippen LogP contribution is 2.29. The first-order valence-corrected chi connectivity index (χ1v) is 8.86. The topological polar surface area (TPSA) is 49.4 Å². The van der Waals surface area contributed by atoms with E-state index in [0.717, 1.165) is 37.9 Å². The number of hydrogen-bond donors (Lipinski definition) is 1. The van der Waals surface area contributed by atoms with Gasteiger partial charge in [-0.05, 0) is 57.0 Å². The fourth-order valence-corrected chi connectivity index (χ4v) is 4.56. The smallest absolute Gasteiger partial charge is 0.244 e. The van der Waals surface area contributed by atoms with Crippen molar-refractivity contribution in [3.05, 3.63) is 29.0 Å². The molecule has 1 saturated heterocycles. The van der Waals surface area contributed by atoms with E-state index < -0.39 is 15.8 Å². The minimum Gasteiger partial charge on any atom is -0.320 e. The summed E-state index contributed by atoms with van der Waals surface area (Å²) in [5, 5.41) is 3.17. The lowest BCUT2D eigenvalue weighted by Crippen LogP contribution is -2.39. The number of hydrogen-bond acceptors (Lipinski definition) is 3. The quantitative estimate of drug-likeness (QED) is 0.866. The summed E-state index contributed by atoms with van der Waals surface area (Å²) in [4.78, 5) is -0.141. The number of nitrogens with zero attached hydrogens (tertiary/aromatic N) is 1. The molecule has 0 bridgehead atoms. The van der Waals surface area contributed by atoms with Crippen molar-refractivity contribution in [1.29, 1.82) is 0 Å². The highest BCUT2D eigenvalue weighted by atomic mass is 35.5. The second-order valence-corrected chi connectivity index (χ2v) is 7.63. The van der Waals surface area contributed by atoms with E-state index in [-0.39, 0.29) is 22.3 Å². The van der Waals surface area contributed by atoms with Crippen molar-refractivity contribution in [2.75, 3.05) is 26.7 Å². The molecular weight excluding hydrogens is 350 g/mol. The Morgan fingerprint density at radius 3 is 2.59 bits per heavy atom. The van der Waals surface area contributed by atoms with Gasteiger partial charge in [0.2, 0.25) is 10.0 Å². The predicted octanol–water partition coefficient (Wildman–Crippen LogP) is 2.91. The zero-order chi connectivity index (χ0) is 15.5. The Labute approximate surface area is 142 Å². The Balaban J connectivity index is 0.00000242. The molecule has 4 nitrogen and oxygen atoms in total. The molecule has 0 spiro atoms. The van der Waals surface area contributed by atoms with Crippen LogP contribution in [-0.4, -0.2) is 39.4 Å². The Morgan fingerprint density at radius 2 is 2.00 bits per heavy atom. The summed E-state index contributed by atoms with van der Waals surface area (Å²) in [7, 11) is -1.81. The number of rotatable bonds is 5. The van der Waals surface area contributed by atoms with Gasteiger partial charge in [0.05, 0.1) is 5.02 Å². The molecule has 0 saturated carbocycles. The Kier molecular flexibility index (Phi) is 7.55. The second kappa shape index (κ2) is 8.45. The van der Waals surface area contributed by atoms with Crippen LogP contribution in [0, 0.1) is 11.7 Å². The lowest BCUT2D eigenvalue weighted by molar-refractivity contribution is 0.263. The summed E-state index contributed by atoms with van der Waals surface area (Å²) in [6.45, 7) is 1.86. The molecule has 0 radical (unpaired) electrons. The van der Waals surface area contributed by atoms with Gasteiger partial charge in [0.25, 0.3) is 0 Å². The van der Waals surface area contributed by atoms with E-state index in [1.807, 2.05) is 7.05 Å². The van der Waals surface area contributed by atoms with Gasteiger partial charge in [0.1, 0.15) is 10.7 Å². The number of sulfonamides is 1. The SMILES string of the molecule is CNCCC1CCN(S(=O)(=O)c2cc(F)ccc2Cl)CC1.Cl. The highest BCUT2D eigenvalue weighted by Gasteiger charge is 2.30. The van der Waals surface area contributed by atoms with Crippen molar-refractivity contribution in [3.63, 3.8) is 0 Å². The van der Waals surface area contributed by atoms with Gasteiger partial charge >= 0.3 is 0 Å². The van der Waals surface area contributed by atoms with Crippen LogP contribution in [0.2, 0.25) is 5.02 Å². The van der Waals surface area contributed by atoms with Crippen LogP contribution in [0.4, 0.5) is 4.39 Å². The molecule has 22 heavy (non-hydrogen) atoms. The first-order valence-electron chi connectivity index (χ1n) is 7.05. The third-order valence-electron chi connectivity index (χ3n) is 3.89. The van der Waals surface area contributed by atoms with Crippen LogP contribution in [0.3, 0.4) is 0 Å². The minimum absolute atomic E-state index is 0. The maximum Gasteiger partial charge on any atom is 0.244 e. The second-order valence-electron chi connectivity index (χ2n) is 5.31. The zero-order valence-electron chi connectivity index (χ0n) is 12.4. The first-order chi connectivity index (χ1) is 9.95. The Hall–Kier alpha value is -0.400. The number of benzene rings is 1. The van der Waals surface area contributed by atoms with E-state index in [1.54, 1.807) is 0 Å². The maximum absolute atomic E-state index is 13.3. The van der Waals surface area contributed by atoms with Gasteiger partial charge in [-0.1, -0.05) is 11.6 Å². The molecule has 1 aromatic carbocycles. The third-order valence-corrected chi connectivity index (χ3v) is 6.27. The van der Waals surface area contributed by atoms with Crippen molar-refractivity contribution in [3.8, 4) is 0 Å². The van der Waals surface area contributed by atoms with Crippen molar-refractivity contribution in [2.24, 2.45) is 5.92 Å². The fourth-order valence-electron chi connectivity index (χ4n) is 2.60. The monoisotopic (exact) mass is 370 g/mol. The van der Waals surface area contributed by atoms with Crippen molar-refractivity contribution in [2.45, 2.75) is 24.2 Å². The molecule has 0 atom stereocenters. The maximum atomic E-state index is 13.3. The van der Waals surface area contributed by atoms with Crippen LogP contribution >= 0.6 is 24.0 Å². The van der Waals surface area contributed by atoms with Crippen LogP contribution in [0.1, 0.15) is 19.3 Å². The normalized spacial score (nSPS) is 17.2. The van der Waals surface area contributed by atoms with Crippen LogP contribution < -0.4 is 5.32 Å². The number of piperidine rings is 1. The summed E-state index contributed by atoms with van der Waals surface area (Å²) in [5.74, 6) is -0.0613. The molecule has 1 fully saturated rings. The van der Waals surface area contributed by atoms with Crippen molar-refractivity contribution < 1.29 is 12.8 Å². The van der Waals surface area contributed by atoms with Gasteiger partial charge in [-0.15, -0.1) is 12.4 Å². The van der Waals surface area contributed by atoms with Gasteiger partial charge < -0.3 is 5.32 Å². The lowest BCUT2D eigenvalue weighted by Gasteiger charge is -2.31. The molecule has 126 valence electrons. The van der Waals surface area contributed by atoms with Crippen LogP contribution in [-0.2, 0) is 10.0 Å². The summed E-state index contributed by atoms with van der Waals surface area (Å²) in [6.07, 6.45) is 2.70. The summed E-state index contributed by atoms with van der Waals surface area (Å²) >= 11 is 5.92. The van der Waals surface area contributed by atoms with Crippen molar-refractivity contribution in [1.82, 2.24) is 9.62 Å². The van der Waals surface area contributed by atoms with Gasteiger partial charge in [0, 0.05) is 13.1 Å².